The van der Waals surface area contributed by atoms with Crippen LogP contribution in [0.1, 0.15) is 23.7 Å². The first-order chi connectivity index (χ1) is 6.43. The molecule has 14 heavy (non-hydrogen) atoms. The summed E-state index contributed by atoms with van der Waals surface area (Å²) in [5.41, 5.74) is 0. The molecule has 0 aliphatic heterocycles. The number of alkyl halides is 2. The minimum Gasteiger partial charge on any atom is -0.317 e. The Labute approximate surface area is 86.4 Å². The fourth-order valence-electron chi connectivity index (χ4n) is 1.01. The van der Waals surface area contributed by atoms with Crippen LogP contribution in [0.15, 0.2) is 6.20 Å². The zero-order chi connectivity index (χ0) is 10.8. The van der Waals surface area contributed by atoms with Crippen molar-refractivity contribution in [3.63, 3.8) is 0 Å². The second-order valence-corrected chi connectivity index (χ2v) is 4.53. The smallest absolute Gasteiger partial charge is 0.296 e. The second kappa shape index (κ2) is 4.31. The average molecular weight is 220 g/mol. The Morgan fingerprint density at radius 3 is 2.71 bits per heavy atom. The number of halogens is 2. The van der Waals surface area contributed by atoms with E-state index in [-0.39, 0.29) is 11.0 Å². The molecule has 0 saturated carbocycles. The number of nitrogens with zero attached hydrogens (tertiary/aromatic N) is 1. The molecule has 0 aromatic carbocycles. The monoisotopic (exact) mass is 220 g/mol. The molecule has 2 nitrogen and oxygen atoms in total. The van der Waals surface area contributed by atoms with Crippen LogP contribution in [0.5, 0.6) is 0 Å². The summed E-state index contributed by atoms with van der Waals surface area (Å²) in [6.45, 7) is 2.88. The van der Waals surface area contributed by atoms with Gasteiger partial charge in [-0.3, -0.25) is 0 Å². The van der Waals surface area contributed by atoms with Crippen LogP contribution in [0.25, 0.3) is 0 Å². The van der Waals surface area contributed by atoms with E-state index >= 15 is 0 Å². The summed E-state index contributed by atoms with van der Waals surface area (Å²) in [7, 11) is 1.85. The van der Waals surface area contributed by atoms with Crippen LogP contribution in [0.2, 0.25) is 0 Å². The van der Waals surface area contributed by atoms with Crippen molar-refractivity contribution in [3.8, 4) is 0 Å². The molecular formula is C9H14F2N2S. The third-order valence-corrected chi connectivity index (χ3v) is 3.12. The molecule has 1 N–H and O–H groups in total. The Morgan fingerprint density at radius 2 is 2.29 bits per heavy atom. The number of hydrogen-bond donors (Lipinski definition) is 1. The highest BCUT2D eigenvalue weighted by Gasteiger charge is 2.28. The van der Waals surface area contributed by atoms with Crippen molar-refractivity contribution in [3.05, 3.63) is 16.1 Å². The highest BCUT2D eigenvalue weighted by molar-refractivity contribution is 7.11. The van der Waals surface area contributed by atoms with E-state index in [1.165, 1.54) is 6.20 Å². The largest absolute Gasteiger partial charge is 0.317 e. The van der Waals surface area contributed by atoms with Gasteiger partial charge in [0.25, 0.3) is 5.92 Å². The predicted molar refractivity (Wildman–Crippen MR) is 53.9 cm³/mol. The molecule has 1 aromatic rings. The van der Waals surface area contributed by atoms with Crippen LogP contribution in [0.4, 0.5) is 8.78 Å². The summed E-state index contributed by atoms with van der Waals surface area (Å²) in [6.07, 6.45) is 2.27. The summed E-state index contributed by atoms with van der Waals surface area (Å²) in [5.74, 6) is -2.81. The first-order valence-corrected chi connectivity index (χ1v) is 5.25. The van der Waals surface area contributed by atoms with Crippen LogP contribution in [0.3, 0.4) is 0 Å². The topological polar surface area (TPSA) is 24.9 Å². The molecule has 1 rings (SSSR count). The van der Waals surface area contributed by atoms with Gasteiger partial charge in [-0.25, -0.2) is 4.98 Å². The normalized spacial score (nSPS) is 14.4. The number of aromatic nitrogens is 1. The summed E-state index contributed by atoms with van der Waals surface area (Å²) < 4.78 is 25.6. The number of rotatable bonds is 4. The standard InChI is InChI=1S/C9H14F2N2S/c1-6(12-3)4-7-5-13-8(14-7)9(2,10)11/h5-6,12H,4H2,1-3H3. The molecule has 80 valence electrons. The third-order valence-electron chi connectivity index (χ3n) is 1.93. The Bertz CT molecular complexity index is 293. The minimum atomic E-state index is -2.81. The Hall–Kier alpha value is -0.550. The number of likely N-dealkylation sites (N-methyl/N-ethyl adjacent to an activating group) is 1. The lowest BCUT2D eigenvalue weighted by molar-refractivity contribution is 0.0172. The third kappa shape index (κ3) is 2.99. The molecule has 0 aliphatic rings. The molecule has 1 atom stereocenters. The maximum absolute atomic E-state index is 12.8. The highest BCUT2D eigenvalue weighted by atomic mass is 32.1. The van der Waals surface area contributed by atoms with E-state index in [0.717, 1.165) is 29.6 Å². The van der Waals surface area contributed by atoms with E-state index in [1.54, 1.807) is 0 Å². The van der Waals surface area contributed by atoms with Gasteiger partial charge in [0.05, 0.1) is 0 Å². The van der Waals surface area contributed by atoms with Crippen LogP contribution < -0.4 is 5.32 Å². The van der Waals surface area contributed by atoms with Gasteiger partial charge in [-0.2, -0.15) is 8.78 Å². The summed E-state index contributed by atoms with van der Waals surface area (Å²) in [6, 6.07) is 0.286. The van der Waals surface area contributed by atoms with Gasteiger partial charge >= 0.3 is 0 Å². The van der Waals surface area contributed by atoms with Crippen molar-refractivity contribution in [2.45, 2.75) is 32.2 Å². The maximum Gasteiger partial charge on any atom is 0.296 e. The van der Waals surface area contributed by atoms with Crippen molar-refractivity contribution in [1.29, 1.82) is 0 Å². The molecule has 0 saturated heterocycles. The lowest BCUT2D eigenvalue weighted by Crippen LogP contribution is -2.22. The quantitative estimate of drug-likeness (QED) is 0.842. The van der Waals surface area contributed by atoms with Crippen molar-refractivity contribution in [2.75, 3.05) is 7.05 Å². The number of hydrogen-bond acceptors (Lipinski definition) is 3. The molecule has 0 aliphatic carbocycles. The average Bonchev–Trinajstić information content (AvgIpc) is 2.51. The van der Waals surface area contributed by atoms with Gasteiger partial charge in [0.15, 0.2) is 5.01 Å². The Kier molecular flexibility index (Phi) is 3.55. The van der Waals surface area contributed by atoms with Crippen molar-refractivity contribution >= 4 is 11.3 Å². The lowest BCUT2D eigenvalue weighted by Gasteiger charge is -2.07. The maximum atomic E-state index is 12.8. The van der Waals surface area contributed by atoms with E-state index in [0.29, 0.717) is 0 Å². The van der Waals surface area contributed by atoms with Gasteiger partial charge < -0.3 is 5.32 Å². The van der Waals surface area contributed by atoms with E-state index in [4.69, 9.17) is 0 Å². The summed E-state index contributed by atoms with van der Waals surface area (Å²) in [4.78, 5) is 4.61. The Balaban J connectivity index is 2.69. The van der Waals surface area contributed by atoms with Gasteiger partial charge in [0.1, 0.15) is 0 Å². The SMILES string of the molecule is CNC(C)Cc1cnc(C(C)(F)F)s1. The van der Waals surface area contributed by atoms with Gasteiger partial charge in [-0.1, -0.05) is 0 Å². The van der Waals surface area contributed by atoms with Crippen molar-refractivity contribution in [2.24, 2.45) is 0 Å². The molecule has 1 unspecified atom stereocenters. The number of thiazole rings is 1. The van der Waals surface area contributed by atoms with E-state index in [9.17, 15) is 8.78 Å². The molecule has 0 spiro atoms. The fourth-order valence-corrected chi connectivity index (χ4v) is 1.98. The second-order valence-electron chi connectivity index (χ2n) is 3.41. The van der Waals surface area contributed by atoms with Crippen molar-refractivity contribution in [1.82, 2.24) is 10.3 Å². The molecule has 5 heteroatoms. The predicted octanol–water partition coefficient (Wildman–Crippen LogP) is 2.41. The van der Waals surface area contributed by atoms with Crippen LogP contribution in [0, 0.1) is 0 Å². The van der Waals surface area contributed by atoms with E-state index in [2.05, 4.69) is 10.3 Å². The van der Waals surface area contributed by atoms with Gasteiger partial charge in [-0.05, 0) is 20.4 Å². The molecule has 1 heterocycles. The zero-order valence-corrected chi connectivity index (χ0v) is 9.29. The van der Waals surface area contributed by atoms with Crippen molar-refractivity contribution < 1.29 is 8.78 Å². The highest BCUT2D eigenvalue weighted by Crippen LogP contribution is 2.30. The molecule has 0 fully saturated rings. The zero-order valence-electron chi connectivity index (χ0n) is 8.47. The molecule has 0 bridgehead atoms. The molecule has 1 aromatic heterocycles. The van der Waals surface area contributed by atoms with Crippen LogP contribution in [-0.2, 0) is 12.3 Å². The molecule has 0 radical (unpaired) electrons. The molecule has 0 amide bonds. The minimum absolute atomic E-state index is 0.101. The van der Waals surface area contributed by atoms with Crippen LogP contribution >= 0.6 is 11.3 Å². The Morgan fingerprint density at radius 1 is 1.64 bits per heavy atom. The summed E-state index contributed by atoms with van der Waals surface area (Å²) in [5, 5.41) is 2.95. The molecular weight excluding hydrogens is 206 g/mol. The number of nitrogens with one attached hydrogen (secondary N) is 1. The van der Waals surface area contributed by atoms with Gasteiger partial charge in [0.2, 0.25) is 0 Å². The van der Waals surface area contributed by atoms with Crippen LogP contribution in [-0.4, -0.2) is 18.1 Å². The van der Waals surface area contributed by atoms with E-state index in [1.807, 2.05) is 14.0 Å². The van der Waals surface area contributed by atoms with E-state index < -0.39 is 5.92 Å². The fraction of sp³-hybridized carbons (Fsp3) is 0.667. The summed E-state index contributed by atoms with van der Waals surface area (Å²) >= 11 is 1.08. The first kappa shape index (κ1) is 11.5. The van der Waals surface area contributed by atoms with Gasteiger partial charge in [-0.15, -0.1) is 11.3 Å². The van der Waals surface area contributed by atoms with Gasteiger partial charge in [0, 0.05) is 24.0 Å². The first-order valence-electron chi connectivity index (χ1n) is 4.43. The lowest BCUT2D eigenvalue weighted by atomic mass is 10.2.